The third-order valence-electron chi connectivity index (χ3n) is 3.33. The van der Waals surface area contributed by atoms with Gasteiger partial charge in [-0.2, -0.15) is 0 Å². The van der Waals surface area contributed by atoms with Crippen molar-refractivity contribution in [3.8, 4) is 0 Å². The molecule has 1 aliphatic heterocycles. The molecule has 1 fully saturated rings. The van der Waals surface area contributed by atoms with Gasteiger partial charge in [-0.1, -0.05) is 28.4 Å². The molecule has 0 saturated carbocycles. The topological polar surface area (TPSA) is 82.2 Å². The van der Waals surface area contributed by atoms with Crippen molar-refractivity contribution in [2.75, 3.05) is 32.7 Å². The summed E-state index contributed by atoms with van der Waals surface area (Å²) in [4.78, 5) is 16.2. The van der Waals surface area contributed by atoms with E-state index in [1.54, 1.807) is 23.1 Å². The van der Waals surface area contributed by atoms with E-state index in [4.69, 9.17) is 34.1 Å². The van der Waals surface area contributed by atoms with Crippen molar-refractivity contribution in [2.45, 2.75) is 0 Å². The minimum Gasteiger partial charge on any atom is -0.409 e. The average Bonchev–Trinajstić information content (AvgIpc) is 2.49. The van der Waals surface area contributed by atoms with Gasteiger partial charge in [-0.3, -0.25) is 9.69 Å². The van der Waals surface area contributed by atoms with Crippen LogP contribution in [0.5, 0.6) is 0 Å². The van der Waals surface area contributed by atoms with E-state index in [1.807, 2.05) is 4.90 Å². The number of nitrogens with zero attached hydrogens (tertiary/aromatic N) is 3. The van der Waals surface area contributed by atoms with Crippen LogP contribution in [0.2, 0.25) is 10.0 Å². The van der Waals surface area contributed by atoms with Crippen LogP contribution in [0, 0.1) is 0 Å². The molecule has 8 heteroatoms. The molecule has 114 valence electrons. The Balaban J connectivity index is 1.99. The molecule has 21 heavy (non-hydrogen) atoms. The largest absolute Gasteiger partial charge is 0.409 e. The van der Waals surface area contributed by atoms with Crippen LogP contribution < -0.4 is 5.73 Å². The van der Waals surface area contributed by atoms with E-state index in [1.165, 1.54) is 0 Å². The van der Waals surface area contributed by atoms with E-state index >= 15 is 0 Å². The number of hydrogen-bond acceptors (Lipinski definition) is 4. The van der Waals surface area contributed by atoms with Gasteiger partial charge in [-0.15, -0.1) is 0 Å². The normalized spacial score (nSPS) is 17.0. The summed E-state index contributed by atoms with van der Waals surface area (Å²) < 4.78 is 0. The lowest BCUT2D eigenvalue weighted by Gasteiger charge is -2.34. The number of hydrogen-bond donors (Lipinski definition) is 2. The summed E-state index contributed by atoms with van der Waals surface area (Å²) in [5.41, 5.74) is 5.88. The molecule has 2 rings (SSSR count). The number of benzene rings is 1. The van der Waals surface area contributed by atoms with E-state index in [2.05, 4.69) is 5.16 Å². The summed E-state index contributed by atoms with van der Waals surface area (Å²) in [6.45, 7) is 2.80. The van der Waals surface area contributed by atoms with Crippen LogP contribution in [0.4, 0.5) is 0 Å². The quantitative estimate of drug-likeness (QED) is 0.381. The number of oxime groups is 1. The maximum atomic E-state index is 12.4. The van der Waals surface area contributed by atoms with E-state index in [-0.39, 0.29) is 11.7 Å². The predicted octanol–water partition coefficient (Wildman–Crippen LogP) is 1.50. The molecule has 0 aliphatic carbocycles. The van der Waals surface area contributed by atoms with Crippen molar-refractivity contribution in [3.05, 3.63) is 33.8 Å². The highest BCUT2D eigenvalue weighted by molar-refractivity contribution is 6.35. The van der Waals surface area contributed by atoms with Gasteiger partial charge in [0.2, 0.25) is 0 Å². The second-order valence-corrected chi connectivity index (χ2v) is 5.63. The van der Waals surface area contributed by atoms with Crippen LogP contribution in [0.25, 0.3) is 0 Å². The molecule has 0 aromatic heterocycles. The Kier molecular flexibility index (Phi) is 5.27. The van der Waals surface area contributed by atoms with E-state index in [0.29, 0.717) is 48.3 Å². The first-order chi connectivity index (χ1) is 10.0. The molecule has 0 unspecified atom stereocenters. The molecular weight excluding hydrogens is 315 g/mol. The van der Waals surface area contributed by atoms with Crippen molar-refractivity contribution in [1.82, 2.24) is 9.80 Å². The Morgan fingerprint density at radius 3 is 2.57 bits per heavy atom. The van der Waals surface area contributed by atoms with Crippen molar-refractivity contribution in [3.63, 3.8) is 0 Å². The van der Waals surface area contributed by atoms with E-state index < -0.39 is 0 Å². The van der Waals surface area contributed by atoms with Crippen LogP contribution >= 0.6 is 23.2 Å². The predicted molar refractivity (Wildman–Crippen MR) is 82.2 cm³/mol. The summed E-state index contributed by atoms with van der Waals surface area (Å²) in [6.07, 6.45) is 0. The number of amidine groups is 1. The average molecular weight is 331 g/mol. The fraction of sp³-hybridized carbons (Fsp3) is 0.385. The number of halogens is 2. The maximum absolute atomic E-state index is 12.4. The molecule has 3 N–H and O–H groups in total. The highest BCUT2D eigenvalue weighted by Crippen LogP contribution is 2.22. The van der Waals surface area contributed by atoms with Gasteiger partial charge in [0, 0.05) is 31.2 Å². The minimum absolute atomic E-state index is 0.133. The standard InChI is InChI=1S/C13H16Cl2N4O2/c14-9-1-2-11(15)10(7-9)13(20)19-5-3-18(4-6-19)8-12(16)17-21/h1-2,7,21H,3-6,8H2,(H2,16,17). The number of piperazine rings is 1. The molecule has 1 amide bonds. The fourth-order valence-corrected chi connectivity index (χ4v) is 2.57. The highest BCUT2D eigenvalue weighted by atomic mass is 35.5. The van der Waals surface area contributed by atoms with Gasteiger partial charge in [0.1, 0.15) is 0 Å². The highest BCUT2D eigenvalue weighted by Gasteiger charge is 2.24. The first kappa shape index (κ1) is 15.9. The maximum Gasteiger partial charge on any atom is 0.255 e. The molecule has 0 atom stereocenters. The third-order valence-corrected chi connectivity index (χ3v) is 3.90. The molecule has 0 spiro atoms. The number of carbonyl (C=O) groups is 1. The zero-order chi connectivity index (χ0) is 15.4. The lowest BCUT2D eigenvalue weighted by Crippen LogP contribution is -2.50. The molecule has 0 radical (unpaired) electrons. The molecule has 1 heterocycles. The van der Waals surface area contributed by atoms with Gasteiger partial charge in [0.25, 0.3) is 5.91 Å². The van der Waals surface area contributed by atoms with Crippen LogP contribution in [-0.4, -0.2) is 59.5 Å². The van der Waals surface area contributed by atoms with Gasteiger partial charge in [-0.05, 0) is 18.2 Å². The van der Waals surface area contributed by atoms with Crippen molar-refractivity contribution in [1.29, 1.82) is 0 Å². The lowest BCUT2D eigenvalue weighted by molar-refractivity contribution is 0.0653. The number of rotatable bonds is 3. The minimum atomic E-state index is -0.133. The molecule has 1 aliphatic rings. The first-order valence-corrected chi connectivity index (χ1v) is 7.20. The van der Waals surface area contributed by atoms with Crippen LogP contribution in [0.15, 0.2) is 23.4 Å². The monoisotopic (exact) mass is 330 g/mol. The summed E-state index contributed by atoms with van der Waals surface area (Å²) in [5.74, 6) is 0.0265. The molecule has 1 aromatic carbocycles. The Morgan fingerprint density at radius 1 is 1.29 bits per heavy atom. The molecule has 6 nitrogen and oxygen atoms in total. The fourth-order valence-electron chi connectivity index (χ4n) is 2.20. The summed E-state index contributed by atoms with van der Waals surface area (Å²) in [5, 5.41) is 12.4. The Bertz CT molecular complexity index is 557. The van der Waals surface area contributed by atoms with E-state index in [9.17, 15) is 4.79 Å². The van der Waals surface area contributed by atoms with Gasteiger partial charge in [0.15, 0.2) is 5.84 Å². The van der Waals surface area contributed by atoms with Crippen molar-refractivity contribution in [2.24, 2.45) is 10.9 Å². The second-order valence-electron chi connectivity index (χ2n) is 4.78. The summed E-state index contributed by atoms with van der Waals surface area (Å²) in [7, 11) is 0. The van der Waals surface area contributed by atoms with Crippen LogP contribution in [0.3, 0.4) is 0 Å². The zero-order valence-electron chi connectivity index (χ0n) is 11.3. The lowest BCUT2D eigenvalue weighted by atomic mass is 10.1. The third kappa shape index (κ3) is 4.00. The zero-order valence-corrected chi connectivity index (χ0v) is 12.8. The molecule has 1 aromatic rings. The summed E-state index contributed by atoms with van der Waals surface area (Å²) >= 11 is 12.0. The first-order valence-electron chi connectivity index (χ1n) is 6.44. The Labute approximate surface area is 132 Å². The second kappa shape index (κ2) is 6.98. The number of nitrogens with two attached hydrogens (primary N) is 1. The molecule has 1 saturated heterocycles. The van der Waals surface area contributed by atoms with Gasteiger partial charge < -0.3 is 15.8 Å². The summed E-state index contributed by atoms with van der Waals surface area (Å²) in [6, 6.07) is 4.84. The van der Waals surface area contributed by atoms with Gasteiger partial charge in [-0.25, -0.2) is 0 Å². The van der Waals surface area contributed by atoms with Gasteiger partial charge >= 0.3 is 0 Å². The van der Waals surface area contributed by atoms with Crippen LogP contribution in [-0.2, 0) is 0 Å². The molecule has 0 bridgehead atoms. The smallest absolute Gasteiger partial charge is 0.255 e. The van der Waals surface area contributed by atoms with Crippen LogP contribution in [0.1, 0.15) is 10.4 Å². The SMILES string of the molecule is NC(CN1CCN(C(=O)c2cc(Cl)ccc2Cl)CC1)=NO. The Hall–Kier alpha value is -1.50. The number of amides is 1. The van der Waals surface area contributed by atoms with E-state index in [0.717, 1.165) is 0 Å². The Morgan fingerprint density at radius 2 is 1.95 bits per heavy atom. The van der Waals surface area contributed by atoms with Gasteiger partial charge in [0.05, 0.1) is 17.1 Å². The molecular formula is C13H16Cl2N4O2. The number of carbonyl (C=O) groups excluding carboxylic acids is 1. The van der Waals surface area contributed by atoms with Crippen molar-refractivity contribution >= 4 is 34.9 Å². The van der Waals surface area contributed by atoms with Crippen molar-refractivity contribution < 1.29 is 10.0 Å².